The third kappa shape index (κ3) is 5.73. The molecule has 4 aliphatic rings. The molecule has 0 aromatic heterocycles. The van der Waals surface area contributed by atoms with Gasteiger partial charge in [-0.3, -0.25) is 0 Å². The van der Waals surface area contributed by atoms with E-state index in [9.17, 15) is 0 Å². The van der Waals surface area contributed by atoms with Crippen molar-refractivity contribution in [1.29, 1.82) is 0 Å². The molecule has 4 saturated carbocycles. The predicted molar refractivity (Wildman–Crippen MR) is 136 cm³/mol. The Morgan fingerprint density at radius 1 is 0.812 bits per heavy atom. The molecule has 0 heterocycles. The summed E-state index contributed by atoms with van der Waals surface area (Å²) in [5.74, 6) is 10.3. The summed E-state index contributed by atoms with van der Waals surface area (Å²) in [6.45, 7) is 5.25. The highest BCUT2D eigenvalue weighted by Gasteiger charge is 2.51. The lowest BCUT2D eigenvalue weighted by Gasteiger charge is -2.56. The van der Waals surface area contributed by atoms with Crippen LogP contribution in [0.5, 0.6) is 5.75 Å². The molecule has 0 saturated heterocycles. The molecule has 1 heteroatoms. The van der Waals surface area contributed by atoms with Gasteiger partial charge in [-0.15, -0.1) is 0 Å². The van der Waals surface area contributed by atoms with E-state index in [1.54, 1.807) is 0 Å². The van der Waals surface area contributed by atoms with Gasteiger partial charge in [-0.05, 0) is 99.3 Å². The maximum absolute atomic E-state index is 5.71. The third-order valence-electron chi connectivity index (χ3n) is 9.28. The van der Waals surface area contributed by atoms with Crippen LogP contribution in [0.25, 0.3) is 0 Å². The molecule has 1 aromatic carbocycles. The van der Waals surface area contributed by atoms with Gasteiger partial charge in [0.25, 0.3) is 0 Å². The molecule has 0 unspecified atom stereocenters. The van der Waals surface area contributed by atoms with E-state index in [0.717, 1.165) is 36.2 Å². The Morgan fingerprint density at radius 2 is 1.50 bits per heavy atom. The van der Waals surface area contributed by atoms with Gasteiger partial charge in [0.05, 0.1) is 6.61 Å². The van der Waals surface area contributed by atoms with Gasteiger partial charge in [0, 0.05) is 11.0 Å². The van der Waals surface area contributed by atoms with Crippen molar-refractivity contribution in [3.05, 3.63) is 29.8 Å². The zero-order valence-electron chi connectivity index (χ0n) is 20.9. The first-order chi connectivity index (χ1) is 15.7. The second kappa shape index (κ2) is 11.1. The lowest BCUT2D eigenvalue weighted by atomic mass is 9.48. The monoisotopic (exact) mass is 434 g/mol. The Hall–Kier alpha value is -1.42. The number of hydrogen-bond acceptors (Lipinski definition) is 1. The van der Waals surface area contributed by atoms with Gasteiger partial charge in [0.15, 0.2) is 0 Å². The van der Waals surface area contributed by atoms with Crippen LogP contribution in [-0.4, -0.2) is 6.61 Å². The van der Waals surface area contributed by atoms with E-state index in [0.29, 0.717) is 10.8 Å². The van der Waals surface area contributed by atoms with Gasteiger partial charge in [-0.2, -0.15) is 0 Å². The maximum atomic E-state index is 5.71. The molecule has 32 heavy (non-hydrogen) atoms. The molecule has 4 fully saturated rings. The molecule has 0 N–H and O–H groups in total. The van der Waals surface area contributed by atoms with Crippen LogP contribution in [0.1, 0.15) is 122 Å². The first-order valence-corrected chi connectivity index (χ1v) is 13.9. The average molecular weight is 435 g/mol. The number of benzene rings is 1. The van der Waals surface area contributed by atoms with E-state index in [1.807, 2.05) is 0 Å². The molecule has 2 bridgehead atoms. The Bertz CT molecular complexity index is 731. The number of unbranched alkanes of at least 4 members (excludes halogenated alkanes) is 3. The van der Waals surface area contributed by atoms with E-state index < -0.39 is 0 Å². The lowest BCUT2D eigenvalue weighted by Crippen LogP contribution is -2.45. The van der Waals surface area contributed by atoms with Crippen molar-refractivity contribution < 1.29 is 4.74 Å². The second-order valence-corrected chi connectivity index (χ2v) is 11.3. The molecule has 1 nitrogen and oxygen atoms in total. The summed E-state index contributed by atoms with van der Waals surface area (Å²) in [5.41, 5.74) is 2.12. The highest BCUT2D eigenvalue weighted by Crippen LogP contribution is 2.62. The molecule has 0 amide bonds. The summed E-state index contributed by atoms with van der Waals surface area (Å²) in [6, 6.07) is 8.41. The molecule has 0 atom stereocenters. The molecule has 4 aliphatic carbocycles. The van der Waals surface area contributed by atoms with Gasteiger partial charge in [0.2, 0.25) is 0 Å². The highest BCUT2D eigenvalue weighted by atomic mass is 16.5. The Balaban J connectivity index is 1.26. The van der Waals surface area contributed by atoms with E-state index in [4.69, 9.17) is 4.74 Å². The Labute approximate surface area is 198 Å². The Morgan fingerprint density at radius 3 is 2.12 bits per heavy atom. The van der Waals surface area contributed by atoms with Crippen LogP contribution in [-0.2, 0) is 0 Å². The van der Waals surface area contributed by atoms with Crippen molar-refractivity contribution in [3.8, 4) is 17.6 Å². The molecule has 0 aliphatic heterocycles. The van der Waals surface area contributed by atoms with Crippen LogP contribution >= 0.6 is 0 Å². The topological polar surface area (TPSA) is 9.23 Å². The van der Waals surface area contributed by atoms with Crippen molar-refractivity contribution in [2.75, 3.05) is 6.61 Å². The van der Waals surface area contributed by atoms with Gasteiger partial charge in [-0.25, -0.2) is 0 Å². The van der Waals surface area contributed by atoms with E-state index in [-0.39, 0.29) is 0 Å². The van der Waals surface area contributed by atoms with Gasteiger partial charge in [0.1, 0.15) is 5.75 Å². The smallest absolute Gasteiger partial charge is 0.119 e. The number of fused-ring (bicyclic) bond motifs is 3. The van der Waals surface area contributed by atoms with Crippen LogP contribution < -0.4 is 4.74 Å². The third-order valence-corrected chi connectivity index (χ3v) is 9.28. The fourth-order valence-electron chi connectivity index (χ4n) is 7.00. The van der Waals surface area contributed by atoms with Crippen molar-refractivity contribution in [2.45, 2.75) is 117 Å². The first-order valence-electron chi connectivity index (χ1n) is 13.9. The molecule has 176 valence electrons. The maximum Gasteiger partial charge on any atom is 0.119 e. The van der Waals surface area contributed by atoms with E-state index in [1.165, 1.54) is 96.3 Å². The average Bonchev–Trinajstić information content (AvgIpc) is 2.86. The minimum Gasteiger partial charge on any atom is -0.494 e. The normalized spacial score (nSPS) is 31.7. The van der Waals surface area contributed by atoms with Gasteiger partial charge >= 0.3 is 0 Å². The summed E-state index contributed by atoms with van der Waals surface area (Å²) in [4.78, 5) is 0. The molecular weight excluding hydrogens is 388 g/mol. The second-order valence-electron chi connectivity index (χ2n) is 11.3. The van der Waals surface area contributed by atoms with E-state index >= 15 is 0 Å². The van der Waals surface area contributed by atoms with Crippen LogP contribution in [0.4, 0.5) is 0 Å². The van der Waals surface area contributed by atoms with Gasteiger partial charge in [-0.1, -0.05) is 70.6 Å². The standard InChI is InChI=1S/C31H46O/c1-3-5-6-7-8-26-9-13-28(14-10-26)31-22-19-30(20-23-31,21-24-31)18-17-27-11-15-29(16-12-27)32-25-4-2/h11-12,15-16,26,28H,3-10,13-14,19-25H2,1-2H3. The Kier molecular flexibility index (Phi) is 8.26. The number of ether oxygens (including phenoxy) is 1. The van der Waals surface area contributed by atoms with Crippen LogP contribution in [0.2, 0.25) is 0 Å². The van der Waals surface area contributed by atoms with Crippen LogP contribution in [0, 0.1) is 34.5 Å². The minimum absolute atomic E-state index is 0.301. The summed E-state index contributed by atoms with van der Waals surface area (Å²) in [7, 11) is 0. The van der Waals surface area contributed by atoms with Crippen molar-refractivity contribution in [1.82, 2.24) is 0 Å². The summed E-state index contributed by atoms with van der Waals surface area (Å²) >= 11 is 0. The van der Waals surface area contributed by atoms with Gasteiger partial charge < -0.3 is 4.74 Å². The largest absolute Gasteiger partial charge is 0.494 e. The number of hydrogen-bond donors (Lipinski definition) is 0. The van der Waals surface area contributed by atoms with Crippen molar-refractivity contribution in [2.24, 2.45) is 22.7 Å². The highest BCUT2D eigenvalue weighted by molar-refractivity contribution is 5.39. The molecule has 0 spiro atoms. The summed E-state index contributed by atoms with van der Waals surface area (Å²) in [6.07, 6.45) is 22.7. The fourth-order valence-corrected chi connectivity index (χ4v) is 7.00. The zero-order valence-corrected chi connectivity index (χ0v) is 20.9. The van der Waals surface area contributed by atoms with E-state index in [2.05, 4.69) is 50.0 Å². The van der Waals surface area contributed by atoms with Crippen LogP contribution in [0.3, 0.4) is 0 Å². The minimum atomic E-state index is 0.301. The van der Waals surface area contributed by atoms with Crippen molar-refractivity contribution in [3.63, 3.8) is 0 Å². The zero-order chi connectivity index (χ0) is 22.3. The molecule has 0 radical (unpaired) electrons. The molecule has 1 aromatic rings. The lowest BCUT2D eigenvalue weighted by molar-refractivity contribution is -0.0379. The quantitative estimate of drug-likeness (QED) is 0.278. The SMILES string of the molecule is CCCCCCC1CCC(C23CCC(C#Cc4ccc(OCCC)cc4)(CC2)CC3)CC1. The number of rotatable bonds is 9. The van der Waals surface area contributed by atoms with Crippen LogP contribution in [0.15, 0.2) is 24.3 Å². The fraction of sp³-hybridized carbons (Fsp3) is 0.742. The molecular formula is C31H46O. The summed E-state index contributed by atoms with van der Waals surface area (Å²) in [5, 5.41) is 0. The van der Waals surface area contributed by atoms with Crippen molar-refractivity contribution >= 4 is 0 Å². The predicted octanol–water partition coefficient (Wildman–Crippen LogP) is 8.94. The molecule has 5 rings (SSSR count). The summed E-state index contributed by atoms with van der Waals surface area (Å²) < 4.78 is 5.71. The first kappa shape index (κ1) is 23.7.